The van der Waals surface area contributed by atoms with Gasteiger partial charge in [0.25, 0.3) is 5.91 Å². The minimum atomic E-state index is -0.775. The Kier molecular flexibility index (Phi) is 5.42. The second-order valence-electron chi connectivity index (χ2n) is 4.29. The van der Waals surface area contributed by atoms with Gasteiger partial charge in [0.15, 0.2) is 0 Å². The summed E-state index contributed by atoms with van der Waals surface area (Å²) in [7, 11) is 0. The third-order valence-corrected chi connectivity index (χ3v) is 2.64. The molecule has 5 nitrogen and oxygen atoms in total. The van der Waals surface area contributed by atoms with E-state index in [0.717, 1.165) is 18.6 Å². The number of aryl methyl sites for hydroxylation is 2. The molecule has 1 aromatic rings. The molecule has 2 N–H and O–H groups in total. The third-order valence-electron chi connectivity index (χ3n) is 2.64. The molecule has 1 amide bonds. The molecule has 1 aromatic heterocycles. The smallest absolute Gasteiger partial charge is 0.303 e. The van der Waals surface area contributed by atoms with Gasteiger partial charge in [-0.1, -0.05) is 6.42 Å². The number of carbonyl (C=O) groups is 2. The fourth-order valence-electron chi connectivity index (χ4n) is 1.73. The SMILES string of the molecule is Cc1cc(C(=O)NCCCCCC(=O)O)c(C)o1. The van der Waals surface area contributed by atoms with Crippen LogP contribution in [0.15, 0.2) is 10.5 Å². The van der Waals surface area contributed by atoms with Crippen molar-refractivity contribution in [3.8, 4) is 0 Å². The molecule has 1 heterocycles. The summed E-state index contributed by atoms with van der Waals surface area (Å²) in [5, 5.41) is 11.3. The molecule has 0 spiro atoms. The van der Waals surface area contributed by atoms with Crippen LogP contribution in [-0.4, -0.2) is 23.5 Å². The van der Waals surface area contributed by atoms with Crippen LogP contribution in [0.25, 0.3) is 0 Å². The predicted octanol–water partition coefficient (Wildman–Crippen LogP) is 2.27. The van der Waals surface area contributed by atoms with Crippen LogP contribution < -0.4 is 5.32 Å². The van der Waals surface area contributed by atoms with E-state index in [-0.39, 0.29) is 12.3 Å². The number of hydrogen-bond donors (Lipinski definition) is 2. The van der Waals surface area contributed by atoms with Crippen LogP contribution in [0, 0.1) is 13.8 Å². The molecule has 0 radical (unpaired) electrons. The van der Waals surface area contributed by atoms with Gasteiger partial charge in [0.05, 0.1) is 5.56 Å². The highest BCUT2D eigenvalue weighted by atomic mass is 16.4. The first kappa shape index (κ1) is 14.3. The van der Waals surface area contributed by atoms with Gasteiger partial charge in [0.2, 0.25) is 0 Å². The number of aliphatic carboxylic acids is 1. The summed E-state index contributed by atoms with van der Waals surface area (Å²) in [6.07, 6.45) is 2.42. The minimum absolute atomic E-state index is 0.136. The van der Waals surface area contributed by atoms with E-state index in [9.17, 15) is 9.59 Å². The van der Waals surface area contributed by atoms with Crippen molar-refractivity contribution in [1.82, 2.24) is 5.32 Å². The number of carbonyl (C=O) groups excluding carboxylic acids is 1. The van der Waals surface area contributed by atoms with Crippen molar-refractivity contribution in [2.45, 2.75) is 39.5 Å². The third kappa shape index (κ3) is 4.61. The quantitative estimate of drug-likeness (QED) is 0.730. The van der Waals surface area contributed by atoms with E-state index in [0.29, 0.717) is 24.3 Å². The maximum absolute atomic E-state index is 11.8. The topological polar surface area (TPSA) is 79.5 Å². The van der Waals surface area contributed by atoms with Crippen molar-refractivity contribution in [2.75, 3.05) is 6.54 Å². The fraction of sp³-hybridized carbons (Fsp3) is 0.538. The number of amides is 1. The Morgan fingerprint density at radius 2 is 2.00 bits per heavy atom. The summed E-state index contributed by atoms with van der Waals surface area (Å²) in [5.74, 6) is 0.432. The average Bonchev–Trinajstić information content (AvgIpc) is 2.62. The molecule has 0 bridgehead atoms. The Morgan fingerprint density at radius 3 is 2.56 bits per heavy atom. The highest BCUT2D eigenvalue weighted by Gasteiger charge is 2.12. The molecule has 0 saturated carbocycles. The predicted molar refractivity (Wildman–Crippen MR) is 66.6 cm³/mol. The number of unbranched alkanes of at least 4 members (excludes halogenated alkanes) is 2. The van der Waals surface area contributed by atoms with Crippen LogP contribution in [0.3, 0.4) is 0 Å². The lowest BCUT2D eigenvalue weighted by atomic mass is 10.2. The number of hydrogen-bond acceptors (Lipinski definition) is 3. The van der Waals surface area contributed by atoms with Gasteiger partial charge in [-0.25, -0.2) is 0 Å². The summed E-state index contributed by atoms with van der Waals surface area (Å²) in [4.78, 5) is 22.0. The molecule has 0 aliphatic heterocycles. The van der Waals surface area contributed by atoms with E-state index in [2.05, 4.69) is 5.32 Å². The van der Waals surface area contributed by atoms with Gasteiger partial charge in [-0.3, -0.25) is 9.59 Å². The van der Waals surface area contributed by atoms with Crippen LogP contribution in [0.4, 0.5) is 0 Å². The van der Waals surface area contributed by atoms with Gasteiger partial charge < -0.3 is 14.8 Å². The van der Waals surface area contributed by atoms with Crippen molar-refractivity contribution in [2.24, 2.45) is 0 Å². The Labute approximate surface area is 106 Å². The summed E-state index contributed by atoms with van der Waals surface area (Å²) in [5.41, 5.74) is 0.568. The fourth-order valence-corrected chi connectivity index (χ4v) is 1.73. The van der Waals surface area contributed by atoms with Gasteiger partial charge in [-0.05, 0) is 32.8 Å². The van der Waals surface area contributed by atoms with Crippen LogP contribution in [0.2, 0.25) is 0 Å². The lowest BCUT2D eigenvalue weighted by Crippen LogP contribution is -2.24. The molecule has 0 aliphatic carbocycles. The molecule has 0 atom stereocenters. The van der Waals surface area contributed by atoms with Crippen molar-refractivity contribution in [1.29, 1.82) is 0 Å². The Hall–Kier alpha value is -1.78. The molecule has 0 saturated heterocycles. The van der Waals surface area contributed by atoms with Crippen LogP contribution >= 0.6 is 0 Å². The minimum Gasteiger partial charge on any atom is -0.481 e. The first-order valence-electron chi connectivity index (χ1n) is 6.07. The molecule has 0 fully saturated rings. The molecule has 0 unspecified atom stereocenters. The summed E-state index contributed by atoms with van der Waals surface area (Å²) in [6, 6.07) is 1.72. The van der Waals surface area contributed by atoms with E-state index in [4.69, 9.17) is 9.52 Å². The lowest BCUT2D eigenvalue weighted by molar-refractivity contribution is -0.137. The largest absolute Gasteiger partial charge is 0.481 e. The Bertz CT molecular complexity index is 423. The first-order chi connectivity index (χ1) is 8.50. The standard InChI is InChI=1S/C13H19NO4/c1-9-8-11(10(2)18-9)13(17)14-7-5-3-4-6-12(15)16/h8H,3-7H2,1-2H3,(H,14,17)(H,15,16). The summed E-state index contributed by atoms with van der Waals surface area (Å²) >= 11 is 0. The normalized spacial score (nSPS) is 10.3. The molecular weight excluding hydrogens is 234 g/mol. The molecular formula is C13H19NO4. The molecule has 0 aromatic carbocycles. The number of carboxylic acid groups (broad SMARTS) is 1. The van der Waals surface area contributed by atoms with E-state index in [1.165, 1.54) is 0 Å². The van der Waals surface area contributed by atoms with Crippen molar-refractivity contribution < 1.29 is 19.1 Å². The van der Waals surface area contributed by atoms with Gasteiger partial charge in [0, 0.05) is 13.0 Å². The second-order valence-corrected chi connectivity index (χ2v) is 4.29. The molecule has 5 heteroatoms. The van der Waals surface area contributed by atoms with Gasteiger partial charge in [0.1, 0.15) is 11.5 Å². The summed E-state index contributed by atoms with van der Waals surface area (Å²) in [6.45, 7) is 4.12. The maximum atomic E-state index is 11.8. The molecule has 100 valence electrons. The number of nitrogens with one attached hydrogen (secondary N) is 1. The van der Waals surface area contributed by atoms with E-state index in [1.54, 1.807) is 19.9 Å². The van der Waals surface area contributed by atoms with Crippen LogP contribution in [-0.2, 0) is 4.79 Å². The number of rotatable bonds is 7. The summed E-state index contributed by atoms with van der Waals surface area (Å²) < 4.78 is 5.28. The zero-order valence-corrected chi connectivity index (χ0v) is 10.8. The lowest BCUT2D eigenvalue weighted by Gasteiger charge is -2.03. The van der Waals surface area contributed by atoms with E-state index < -0.39 is 5.97 Å². The van der Waals surface area contributed by atoms with Gasteiger partial charge in [-0.15, -0.1) is 0 Å². The van der Waals surface area contributed by atoms with Crippen molar-refractivity contribution in [3.63, 3.8) is 0 Å². The van der Waals surface area contributed by atoms with Crippen molar-refractivity contribution >= 4 is 11.9 Å². The van der Waals surface area contributed by atoms with Crippen LogP contribution in [0.5, 0.6) is 0 Å². The highest BCUT2D eigenvalue weighted by Crippen LogP contribution is 2.13. The van der Waals surface area contributed by atoms with Gasteiger partial charge >= 0.3 is 5.97 Å². The number of carboxylic acids is 1. The van der Waals surface area contributed by atoms with Gasteiger partial charge in [-0.2, -0.15) is 0 Å². The monoisotopic (exact) mass is 253 g/mol. The first-order valence-corrected chi connectivity index (χ1v) is 6.07. The molecule has 1 rings (SSSR count). The van der Waals surface area contributed by atoms with E-state index in [1.807, 2.05) is 0 Å². The molecule has 18 heavy (non-hydrogen) atoms. The zero-order chi connectivity index (χ0) is 13.5. The van der Waals surface area contributed by atoms with Crippen molar-refractivity contribution in [3.05, 3.63) is 23.2 Å². The molecule has 0 aliphatic rings. The Morgan fingerprint density at radius 1 is 1.28 bits per heavy atom. The number of furan rings is 1. The van der Waals surface area contributed by atoms with E-state index >= 15 is 0 Å². The van der Waals surface area contributed by atoms with Crippen LogP contribution in [0.1, 0.15) is 47.6 Å². The Balaban J connectivity index is 2.22. The zero-order valence-electron chi connectivity index (χ0n) is 10.8. The maximum Gasteiger partial charge on any atom is 0.303 e. The average molecular weight is 253 g/mol. The second kappa shape index (κ2) is 6.83. The highest BCUT2D eigenvalue weighted by molar-refractivity contribution is 5.95.